The Bertz CT molecular complexity index is 505. The molecule has 0 spiro atoms. The van der Waals surface area contributed by atoms with E-state index in [2.05, 4.69) is 58.1 Å². The Kier molecular flexibility index (Phi) is 4.18. The van der Waals surface area contributed by atoms with Crippen LogP contribution in [0.4, 0.5) is 0 Å². The van der Waals surface area contributed by atoms with Crippen molar-refractivity contribution in [1.82, 2.24) is 4.98 Å². The highest BCUT2D eigenvalue weighted by Gasteiger charge is 2.17. The summed E-state index contributed by atoms with van der Waals surface area (Å²) in [6.07, 6.45) is 12.2. The van der Waals surface area contributed by atoms with E-state index in [-0.39, 0.29) is 0 Å². The maximum atomic E-state index is 4.74. The Morgan fingerprint density at radius 2 is 2.11 bits per heavy atom. The zero-order chi connectivity index (χ0) is 13.1. The molecular formula is C16H21NS. The molecule has 2 unspecified atom stereocenters. The van der Waals surface area contributed by atoms with Gasteiger partial charge >= 0.3 is 0 Å². The highest BCUT2D eigenvalue weighted by atomic mass is 32.1. The molecule has 0 aliphatic heterocycles. The summed E-state index contributed by atoms with van der Waals surface area (Å²) in [5.41, 5.74) is 2.49. The molecule has 18 heavy (non-hydrogen) atoms. The molecule has 1 aromatic rings. The monoisotopic (exact) mass is 259 g/mol. The third-order valence-electron chi connectivity index (χ3n) is 3.43. The fraction of sp³-hybridized carbons (Fsp3) is 0.438. The van der Waals surface area contributed by atoms with Gasteiger partial charge in [0.05, 0.1) is 10.7 Å². The van der Waals surface area contributed by atoms with Crippen LogP contribution >= 0.6 is 11.3 Å². The molecule has 1 aliphatic carbocycles. The largest absolute Gasteiger partial charge is 0.246 e. The van der Waals surface area contributed by atoms with Crippen LogP contribution in [-0.2, 0) is 0 Å². The minimum absolute atomic E-state index is 0.383. The van der Waals surface area contributed by atoms with E-state index in [1.54, 1.807) is 0 Å². The summed E-state index contributed by atoms with van der Waals surface area (Å²) in [6.45, 7) is 8.74. The molecule has 1 nitrogen and oxygen atoms in total. The third kappa shape index (κ3) is 2.81. The average molecular weight is 259 g/mol. The first-order chi connectivity index (χ1) is 8.61. The van der Waals surface area contributed by atoms with Gasteiger partial charge in [-0.3, -0.25) is 0 Å². The van der Waals surface area contributed by atoms with Crippen molar-refractivity contribution >= 4 is 11.3 Å². The van der Waals surface area contributed by atoms with Crippen molar-refractivity contribution in [1.29, 1.82) is 0 Å². The minimum Gasteiger partial charge on any atom is -0.246 e. The average Bonchev–Trinajstić information content (AvgIpc) is 2.61. The predicted octanol–water partition coefficient (Wildman–Crippen LogP) is 5.12. The van der Waals surface area contributed by atoms with Gasteiger partial charge in [0.25, 0.3) is 0 Å². The molecule has 2 atom stereocenters. The number of rotatable bonds is 3. The van der Waals surface area contributed by atoms with Crippen LogP contribution < -0.4 is 0 Å². The summed E-state index contributed by atoms with van der Waals surface area (Å²) in [4.78, 5) is 6.13. The first-order valence-corrected chi connectivity index (χ1v) is 7.44. The van der Waals surface area contributed by atoms with Gasteiger partial charge in [0.1, 0.15) is 0 Å². The summed E-state index contributed by atoms with van der Waals surface area (Å²) in [6, 6.07) is 0. The molecule has 96 valence electrons. The van der Waals surface area contributed by atoms with E-state index >= 15 is 0 Å². The van der Waals surface area contributed by atoms with Crippen LogP contribution in [0.2, 0.25) is 0 Å². The highest BCUT2D eigenvalue weighted by molar-refractivity contribution is 7.12. The molecule has 0 fully saturated rings. The Morgan fingerprint density at radius 3 is 2.83 bits per heavy atom. The number of thiazole rings is 1. The van der Waals surface area contributed by atoms with E-state index < -0.39 is 0 Å². The van der Waals surface area contributed by atoms with Crippen LogP contribution in [-0.4, -0.2) is 4.98 Å². The lowest BCUT2D eigenvalue weighted by Crippen LogP contribution is -1.90. The maximum Gasteiger partial charge on any atom is 0.0959 e. The Morgan fingerprint density at radius 1 is 1.33 bits per heavy atom. The number of aryl methyl sites for hydroxylation is 1. The number of nitrogens with zero attached hydrogens (tertiary/aromatic N) is 1. The molecule has 2 rings (SSSR count). The number of hydrogen-bond donors (Lipinski definition) is 0. The molecular weight excluding hydrogens is 238 g/mol. The second kappa shape index (κ2) is 5.66. The molecule has 0 saturated carbocycles. The number of aromatic nitrogens is 1. The van der Waals surface area contributed by atoms with Crippen molar-refractivity contribution < 1.29 is 0 Å². The number of hydrogen-bond acceptors (Lipinski definition) is 2. The zero-order valence-electron chi connectivity index (χ0n) is 11.6. The molecule has 0 bridgehead atoms. The molecule has 1 heterocycles. The lowest BCUT2D eigenvalue weighted by molar-refractivity contribution is 0.724. The van der Waals surface area contributed by atoms with Gasteiger partial charge in [-0.1, -0.05) is 49.8 Å². The van der Waals surface area contributed by atoms with E-state index in [4.69, 9.17) is 4.98 Å². The molecule has 0 saturated heterocycles. The van der Waals surface area contributed by atoms with Crippen LogP contribution in [0.15, 0.2) is 36.0 Å². The Hall–Kier alpha value is -1.15. The van der Waals surface area contributed by atoms with Gasteiger partial charge in [-0.25, -0.2) is 4.98 Å². The van der Waals surface area contributed by atoms with E-state index in [1.807, 2.05) is 11.3 Å². The summed E-state index contributed by atoms with van der Waals surface area (Å²) in [5.74, 6) is 0.954. The van der Waals surface area contributed by atoms with Gasteiger partial charge in [0, 0.05) is 16.7 Å². The zero-order valence-corrected chi connectivity index (χ0v) is 12.4. The van der Waals surface area contributed by atoms with Crippen molar-refractivity contribution in [2.75, 3.05) is 0 Å². The SMILES string of the molecule is CCC(C)c1nc(C)c(C2C=CC=C(C)C=C2)s1. The van der Waals surface area contributed by atoms with Crippen molar-refractivity contribution in [3.63, 3.8) is 0 Å². The smallest absolute Gasteiger partial charge is 0.0959 e. The van der Waals surface area contributed by atoms with Gasteiger partial charge in [-0.05, 0) is 20.3 Å². The summed E-state index contributed by atoms with van der Waals surface area (Å²) < 4.78 is 0. The molecule has 0 aromatic carbocycles. The Labute approximate surface area is 114 Å². The fourth-order valence-electron chi connectivity index (χ4n) is 2.00. The summed E-state index contributed by atoms with van der Waals surface area (Å²) in [7, 11) is 0. The van der Waals surface area contributed by atoms with Crippen LogP contribution in [0, 0.1) is 6.92 Å². The quantitative estimate of drug-likeness (QED) is 0.734. The lowest BCUT2D eigenvalue weighted by Gasteiger charge is -2.05. The molecule has 1 aliphatic rings. The highest BCUT2D eigenvalue weighted by Crippen LogP contribution is 2.34. The van der Waals surface area contributed by atoms with E-state index in [0.29, 0.717) is 11.8 Å². The third-order valence-corrected chi connectivity index (χ3v) is 4.92. The fourth-order valence-corrected chi connectivity index (χ4v) is 3.26. The van der Waals surface area contributed by atoms with Crippen LogP contribution in [0.5, 0.6) is 0 Å². The Balaban J connectivity index is 2.29. The van der Waals surface area contributed by atoms with Gasteiger partial charge in [0.2, 0.25) is 0 Å². The molecule has 2 heteroatoms. The topological polar surface area (TPSA) is 12.9 Å². The van der Waals surface area contributed by atoms with Gasteiger partial charge in [-0.2, -0.15) is 0 Å². The summed E-state index contributed by atoms with van der Waals surface area (Å²) in [5, 5.41) is 1.28. The van der Waals surface area contributed by atoms with Gasteiger partial charge in [-0.15, -0.1) is 11.3 Å². The molecule has 0 N–H and O–H groups in total. The van der Waals surface area contributed by atoms with E-state index in [0.717, 1.165) is 6.42 Å². The first-order valence-electron chi connectivity index (χ1n) is 6.62. The normalized spacial score (nSPS) is 20.7. The van der Waals surface area contributed by atoms with E-state index in [1.165, 1.54) is 21.2 Å². The van der Waals surface area contributed by atoms with Gasteiger partial charge in [0.15, 0.2) is 0 Å². The van der Waals surface area contributed by atoms with Gasteiger partial charge < -0.3 is 0 Å². The minimum atomic E-state index is 0.383. The number of allylic oxidation sites excluding steroid dienone is 6. The maximum absolute atomic E-state index is 4.74. The standard InChI is InChI=1S/C16H21NS/c1-5-12(3)16-17-13(4)15(18-16)14-8-6-7-11(2)9-10-14/h6-10,12,14H,5H2,1-4H3. The predicted molar refractivity (Wildman–Crippen MR) is 80.3 cm³/mol. The van der Waals surface area contributed by atoms with Crippen LogP contribution in [0.25, 0.3) is 0 Å². The second-order valence-corrected chi connectivity index (χ2v) is 6.05. The molecule has 0 radical (unpaired) electrons. The van der Waals surface area contributed by atoms with E-state index in [9.17, 15) is 0 Å². The van der Waals surface area contributed by atoms with Crippen LogP contribution in [0.3, 0.4) is 0 Å². The first kappa shape index (κ1) is 13.3. The molecule has 1 aromatic heterocycles. The second-order valence-electron chi connectivity index (χ2n) is 4.99. The van der Waals surface area contributed by atoms with Crippen molar-refractivity contribution in [2.24, 2.45) is 0 Å². The van der Waals surface area contributed by atoms with Crippen molar-refractivity contribution in [3.05, 3.63) is 51.5 Å². The van der Waals surface area contributed by atoms with Crippen molar-refractivity contribution in [2.45, 2.75) is 46.0 Å². The molecule has 0 amide bonds. The van der Waals surface area contributed by atoms with Crippen molar-refractivity contribution in [3.8, 4) is 0 Å². The lowest BCUT2D eigenvalue weighted by atomic mass is 10.1. The van der Waals surface area contributed by atoms with Crippen LogP contribution in [0.1, 0.15) is 54.6 Å². The summed E-state index contributed by atoms with van der Waals surface area (Å²) >= 11 is 1.87.